The molecule has 4 aromatic rings. The van der Waals surface area contributed by atoms with Gasteiger partial charge in [0.1, 0.15) is 5.52 Å². The number of ether oxygens (including phenoxy) is 3. The fourth-order valence-corrected chi connectivity index (χ4v) is 3.97. The van der Waals surface area contributed by atoms with Gasteiger partial charge in [0.25, 0.3) is 0 Å². The molecule has 0 atom stereocenters. The number of aromatic amines is 1. The number of nitrogens with one attached hydrogen (secondary N) is 1. The van der Waals surface area contributed by atoms with Gasteiger partial charge in [-0.3, -0.25) is 5.10 Å². The molecule has 1 aliphatic heterocycles. The van der Waals surface area contributed by atoms with Gasteiger partial charge < -0.3 is 19.1 Å². The van der Waals surface area contributed by atoms with Crippen LogP contribution in [0.3, 0.4) is 0 Å². The number of hydrogen-bond donors (Lipinski definition) is 1. The molecule has 0 aliphatic carbocycles. The third kappa shape index (κ3) is 3.67. The summed E-state index contributed by atoms with van der Waals surface area (Å²) in [7, 11) is 2.61. The molecule has 34 heavy (non-hydrogen) atoms. The molecule has 1 aliphatic rings. The predicted octanol–water partition coefficient (Wildman–Crippen LogP) is 3.52. The smallest absolute Gasteiger partial charge is 0.177 e. The number of aromatic nitrogens is 5. The van der Waals surface area contributed by atoms with Crippen molar-refractivity contribution in [3.05, 3.63) is 41.9 Å². The summed E-state index contributed by atoms with van der Waals surface area (Å²) < 4.78 is 46.2. The van der Waals surface area contributed by atoms with Crippen molar-refractivity contribution in [2.24, 2.45) is 0 Å². The van der Waals surface area contributed by atoms with E-state index < -0.39 is 11.6 Å². The van der Waals surface area contributed by atoms with Gasteiger partial charge >= 0.3 is 0 Å². The van der Waals surface area contributed by atoms with E-state index in [1.807, 2.05) is 11.8 Å². The van der Waals surface area contributed by atoms with E-state index in [1.165, 1.54) is 20.3 Å². The van der Waals surface area contributed by atoms with Gasteiger partial charge in [-0.2, -0.15) is 5.10 Å². The van der Waals surface area contributed by atoms with E-state index in [-0.39, 0.29) is 22.8 Å². The molecule has 1 fully saturated rings. The summed E-state index contributed by atoms with van der Waals surface area (Å²) in [4.78, 5) is 15.9. The van der Waals surface area contributed by atoms with Crippen LogP contribution in [0.1, 0.15) is 5.69 Å². The molecule has 176 valence electrons. The Hall–Kier alpha value is -3.86. The first-order valence-corrected chi connectivity index (χ1v) is 10.6. The van der Waals surface area contributed by atoms with Crippen LogP contribution in [0, 0.1) is 18.6 Å². The van der Waals surface area contributed by atoms with E-state index in [4.69, 9.17) is 19.2 Å². The quantitative estimate of drug-likeness (QED) is 0.475. The molecule has 5 rings (SSSR count). The van der Waals surface area contributed by atoms with Gasteiger partial charge in [-0.1, -0.05) is 0 Å². The zero-order valence-electron chi connectivity index (χ0n) is 18.9. The monoisotopic (exact) mass is 468 g/mol. The summed E-state index contributed by atoms with van der Waals surface area (Å²) >= 11 is 0. The second-order valence-corrected chi connectivity index (χ2v) is 7.73. The van der Waals surface area contributed by atoms with Crippen LogP contribution >= 0.6 is 0 Å². The first-order valence-electron chi connectivity index (χ1n) is 10.6. The zero-order chi connectivity index (χ0) is 23.8. The Morgan fingerprint density at radius 3 is 2.35 bits per heavy atom. The average Bonchev–Trinajstić information content (AvgIpc) is 3.30. The normalized spacial score (nSPS) is 14.0. The van der Waals surface area contributed by atoms with Crippen LogP contribution in [-0.4, -0.2) is 65.7 Å². The van der Waals surface area contributed by atoms with Crippen LogP contribution in [-0.2, 0) is 4.74 Å². The van der Waals surface area contributed by atoms with Crippen LogP contribution in [0.5, 0.6) is 11.5 Å². The lowest BCUT2D eigenvalue weighted by Gasteiger charge is -2.29. The van der Waals surface area contributed by atoms with E-state index in [2.05, 4.69) is 20.2 Å². The number of halogens is 2. The first-order chi connectivity index (χ1) is 16.5. The molecule has 0 bridgehead atoms. The van der Waals surface area contributed by atoms with E-state index in [9.17, 15) is 0 Å². The molecule has 9 nitrogen and oxygen atoms in total. The van der Waals surface area contributed by atoms with Crippen LogP contribution in [0.2, 0.25) is 0 Å². The number of hydrogen-bond acceptors (Lipinski definition) is 8. The van der Waals surface area contributed by atoms with Gasteiger partial charge in [0, 0.05) is 36.9 Å². The van der Waals surface area contributed by atoms with Crippen molar-refractivity contribution in [1.82, 2.24) is 25.1 Å². The highest BCUT2D eigenvalue weighted by atomic mass is 19.1. The second-order valence-electron chi connectivity index (χ2n) is 7.73. The second kappa shape index (κ2) is 8.82. The maximum atomic E-state index is 15.3. The van der Waals surface area contributed by atoms with Gasteiger partial charge in [-0.15, -0.1) is 0 Å². The predicted molar refractivity (Wildman–Crippen MR) is 121 cm³/mol. The fourth-order valence-electron chi connectivity index (χ4n) is 3.97. The van der Waals surface area contributed by atoms with E-state index in [0.29, 0.717) is 48.8 Å². The molecule has 4 heterocycles. The van der Waals surface area contributed by atoms with E-state index in [0.717, 1.165) is 11.3 Å². The van der Waals surface area contributed by atoms with Crippen molar-refractivity contribution in [3.8, 4) is 34.1 Å². The number of aryl methyl sites for hydroxylation is 1. The molecule has 1 aromatic carbocycles. The molecule has 0 spiro atoms. The lowest BCUT2D eigenvalue weighted by molar-refractivity contribution is 0.122. The number of pyridine rings is 1. The van der Waals surface area contributed by atoms with Crippen molar-refractivity contribution in [3.63, 3.8) is 0 Å². The highest BCUT2D eigenvalue weighted by Crippen LogP contribution is 2.39. The Labute approximate surface area is 193 Å². The minimum absolute atomic E-state index is 0.0806. The van der Waals surface area contributed by atoms with Gasteiger partial charge in [-0.05, 0) is 13.0 Å². The van der Waals surface area contributed by atoms with Crippen LogP contribution in [0.4, 0.5) is 14.6 Å². The lowest BCUT2D eigenvalue weighted by atomic mass is 10.1. The van der Waals surface area contributed by atoms with Crippen molar-refractivity contribution in [2.75, 3.05) is 45.4 Å². The molecule has 0 saturated carbocycles. The van der Waals surface area contributed by atoms with E-state index >= 15 is 8.78 Å². The number of rotatable bonds is 5. The minimum atomic E-state index is -0.868. The van der Waals surface area contributed by atoms with Gasteiger partial charge in [0.05, 0.1) is 49.9 Å². The number of anilines is 1. The SMILES string of the molecule is COc1cc(OC)c(F)c(-c2cc3cnc(-c4c[nH]nc4C)nc3c(N3CCOCC3)n2)c1F. The standard InChI is InChI=1S/C23H22F2N6O3/c1-12-14(11-27-30-12)22-26-10-13-8-15(18-19(24)16(32-2)9-17(33-3)20(18)25)28-23(21(13)29-22)31-4-6-34-7-5-31/h8-11H,4-7H2,1-3H3,(H,27,30). The Morgan fingerprint density at radius 1 is 1.03 bits per heavy atom. The summed E-state index contributed by atoms with van der Waals surface area (Å²) in [6.07, 6.45) is 3.34. The molecular formula is C23H22F2N6O3. The summed E-state index contributed by atoms with van der Waals surface area (Å²) in [5.74, 6) is -1.07. The van der Waals surface area contributed by atoms with Crippen molar-refractivity contribution in [1.29, 1.82) is 0 Å². The Kier molecular flexibility index (Phi) is 5.70. The van der Waals surface area contributed by atoms with Crippen LogP contribution < -0.4 is 14.4 Å². The number of fused-ring (bicyclic) bond motifs is 1. The molecule has 0 radical (unpaired) electrons. The largest absolute Gasteiger partial charge is 0.494 e. The summed E-state index contributed by atoms with van der Waals surface area (Å²) in [6.45, 7) is 3.97. The maximum absolute atomic E-state index is 15.3. The van der Waals surface area contributed by atoms with Crippen molar-refractivity contribution in [2.45, 2.75) is 6.92 Å². The summed E-state index contributed by atoms with van der Waals surface area (Å²) in [5, 5.41) is 7.52. The molecule has 0 amide bonds. The number of nitrogens with zero attached hydrogens (tertiary/aromatic N) is 5. The molecule has 1 N–H and O–H groups in total. The van der Waals surface area contributed by atoms with Gasteiger partial charge in [-0.25, -0.2) is 23.7 Å². The van der Waals surface area contributed by atoms with Crippen LogP contribution in [0.25, 0.3) is 33.5 Å². The Balaban J connectivity index is 1.76. The maximum Gasteiger partial charge on any atom is 0.177 e. The fraction of sp³-hybridized carbons (Fsp3) is 0.304. The van der Waals surface area contributed by atoms with Crippen molar-refractivity contribution >= 4 is 16.7 Å². The summed E-state index contributed by atoms with van der Waals surface area (Å²) in [6, 6.07) is 2.73. The first kappa shape index (κ1) is 22.0. The highest BCUT2D eigenvalue weighted by molar-refractivity contribution is 5.92. The summed E-state index contributed by atoms with van der Waals surface area (Å²) in [5.41, 5.74) is 1.81. The average molecular weight is 468 g/mol. The molecule has 3 aromatic heterocycles. The number of methoxy groups -OCH3 is 2. The third-order valence-corrected chi connectivity index (χ3v) is 5.76. The Bertz CT molecular complexity index is 1340. The van der Waals surface area contributed by atoms with Gasteiger partial charge in [0.2, 0.25) is 0 Å². The Morgan fingerprint density at radius 2 is 1.74 bits per heavy atom. The lowest BCUT2D eigenvalue weighted by Crippen LogP contribution is -2.37. The topological polar surface area (TPSA) is 98.3 Å². The van der Waals surface area contributed by atoms with Crippen LogP contribution in [0.15, 0.2) is 24.5 Å². The van der Waals surface area contributed by atoms with Gasteiger partial charge in [0.15, 0.2) is 34.8 Å². The van der Waals surface area contributed by atoms with E-state index in [1.54, 1.807) is 18.5 Å². The molecule has 0 unspecified atom stereocenters. The molecule has 11 heteroatoms. The molecular weight excluding hydrogens is 446 g/mol. The number of morpholine rings is 1. The number of benzene rings is 1. The third-order valence-electron chi connectivity index (χ3n) is 5.76. The highest BCUT2D eigenvalue weighted by Gasteiger charge is 2.26. The van der Waals surface area contributed by atoms with Crippen molar-refractivity contribution < 1.29 is 23.0 Å². The number of H-pyrrole nitrogens is 1. The minimum Gasteiger partial charge on any atom is -0.494 e. The molecule has 1 saturated heterocycles. The zero-order valence-corrected chi connectivity index (χ0v) is 18.9.